The number of hydrogen-bond acceptors (Lipinski definition) is 1. The third-order valence-corrected chi connectivity index (χ3v) is 1.63. The summed E-state index contributed by atoms with van der Waals surface area (Å²) >= 11 is 0. The third-order valence-electron chi connectivity index (χ3n) is 1.63. The zero-order chi connectivity index (χ0) is 9.52. The summed E-state index contributed by atoms with van der Waals surface area (Å²) in [5.41, 5.74) is 1.11. The summed E-state index contributed by atoms with van der Waals surface area (Å²) in [7, 11) is 0. The Balaban J connectivity index is 2.40. The number of hydrogen-bond donors (Lipinski definition) is 1. The molecule has 0 heterocycles. The van der Waals surface area contributed by atoms with E-state index in [1.165, 1.54) is 6.08 Å². The quantitative estimate of drug-likeness (QED) is 0.696. The van der Waals surface area contributed by atoms with E-state index in [0.717, 1.165) is 5.56 Å². The van der Waals surface area contributed by atoms with Gasteiger partial charge < -0.3 is 5.32 Å². The lowest BCUT2D eigenvalue weighted by Gasteiger charge is -2.01. The van der Waals surface area contributed by atoms with Gasteiger partial charge in [0.05, 0.1) is 0 Å². The van der Waals surface area contributed by atoms with E-state index in [4.69, 9.17) is 0 Å². The Bertz CT molecular complexity index is 290. The summed E-state index contributed by atoms with van der Waals surface area (Å²) in [6.07, 6.45) is 3.24. The van der Waals surface area contributed by atoms with E-state index in [0.29, 0.717) is 6.54 Å². The van der Waals surface area contributed by atoms with Crippen molar-refractivity contribution in [2.75, 3.05) is 0 Å². The van der Waals surface area contributed by atoms with Crippen LogP contribution in [0.3, 0.4) is 0 Å². The first-order chi connectivity index (χ1) is 6.33. The highest BCUT2D eigenvalue weighted by molar-refractivity contribution is 5.87. The maximum absolute atomic E-state index is 11.0. The molecule has 0 unspecified atom stereocenters. The van der Waals surface area contributed by atoms with Crippen LogP contribution in [0.5, 0.6) is 0 Å². The van der Waals surface area contributed by atoms with Crippen LogP contribution in [0, 0.1) is 0 Å². The van der Waals surface area contributed by atoms with Crippen LogP contribution >= 0.6 is 0 Å². The first kappa shape index (κ1) is 9.52. The number of carbonyl (C=O) groups is 1. The number of amides is 1. The lowest BCUT2D eigenvalue weighted by atomic mass is 10.0. The largest absolute Gasteiger partial charge is 0.348 e. The van der Waals surface area contributed by atoms with Gasteiger partial charge in [-0.25, -0.2) is 0 Å². The fraction of sp³-hybridized carbons (Fsp3) is 0.182. The van der Waals surface area contributed by atoms with Gasteiger partial charge in [0.25, 0.3) is 0 Å². The van der Waals surface area contributed by atoms with E-state index in [2.05, 4.69) is 5.32 Å². The monoisotopic (exact) mass is 174 g/mol. The van der Waals surface area contributed by atoms with E-state index in [1.807, 2.05) is 37.3 Å². The third kappa shape index (κ3) is 3.56. The van der Waals surface area contributed by atoms with Crippen LogP contribution in [-0.4, -0.2) is 5.91 Å². The molecule has 1 amide bonds. The fourth-order valence-electron chi connectivity index (χ4n) is 0.995. The van der Waals surface area contributed by atoms with Gasteiger partial charge in [0.2, 0.25) is 5.91 Å². The fourth-order valence-corrected chi connectivity index (χ4v) is 0.995. The predicted octanol–water partition coefficient (Wildman–Crippen LogP) is 1.88. The second kappa shape index (κ2) is 5.14. The van der Waals surface area contributed by atoms with Gasteiger partial charge in [0.1, 0.15) is 0 Å². The SMILES string of the molecule is C/C=C\[11C](=O)NCc1ccccc1. The minimum atomic E-state index is -0.0497. The Hall–Kier alpha value is -1.57. The van der Waals surface area contributed by atoms with Gasteiger partial charge in [-0.15, -0.1) is 0 Å². The molecule has 13 heavy (non-hydrogen) atoms. The lowest BCUT2D eigenvalue weighted by molar-refractivity contribution is -0.116. The zero-order valence-electron chi connectivity index (χ0n) is 7.66. The molecule has 0 atom stereocenters. The van der Waals surface area contributed by atoms with Gasteiger partial charge >= 0.3 is 0 Å². The van der Waals surface area contributed by atoms with Crippen molar-refractivity contribution in [3.8, 4) is 0 Å². The van der Waals surface area contributed by atoms with Crippen LogP contribution in [0.1, 0.15) is 12.5 Å². The summed E-state index contributed by atoms with van der Waals surface area (Å²) in [4.78, 5) is 11.0. The predicted molar refractivity (Wildman–Crippen MR) is 53.1 cm³/mol. The molecule has 0 bridgehead atoms. The molecule has 0 fully saturated rings. The van der Waals surface area contributed by atoms with Gasteiger partial charge in [0.15, 0.2) is 0 Å². The summed E-state index contributed by atoms with van der Waals surface area (Å²) in [5, 5.41) is 2.77. The second-order valence-corrected chi connectivity index (χ2v) is 2.70. The van der Waals surface area contributed by atoms with Crippen molar-refractivity contribution >= 4 is 5.91 Å². The second-order valence-electron chi connectivity index (χ2n) is 2.70. The van der Waals surface area contributed by atoms with Crippen molar-refractivity contribution in [3.05, 3.63) is 48.0 Å². The average Bonchev–Trinajstić information content (AvgIpc) is 2.17. The van der Waals surface area contributed by atoms with Crippen LogP contribution < -0.4 is 5.32 Å². The van der Waals surface area contributed by atoms with Gasteiger partial charge in [-0.1, -0.05) is 36.4 Å². The number of nitrogens with one attached hydrogen (secondary N) is 1. The maximum atomic E-state index is 11.0. The van der Waals surface area contributed by atoms with Crippen LogP contribution in [0.2, 0.25) is 0 Å². The molecule has 1 rings (SSSR count). The number of benzene rings is 1. The van der Waals surface area contributed by atoms with Crippen molar-refractivity contribution in [1.29, 1.82) is 0 Å². The first-order valence-corrected chi connectivity index (χ1v) is 4.27. The van der Waals surface area contributed by atoms with E-state index < -0.39 is 0 Å². The summed E-state index contributed by atoms with van der Waals surface area (Å²) < 4.78 is 0. The molecule has 0 aliphatic carbocycles. The zero-order valence-corrected chi connectivity index (χ0v) is 7.66. The normalized spacial score (nSPS) is 10.2. The van der Waals surface area contributed by atoms with Crippen molar-refractivity contribution in [1.82, 2.24) is 5.32 Å². The highest BCUT2D eigenvalue weighted by atomic mass is 16.1. The minimum Gasteiger partial charge on any atom is -0.348 e. The topological polar surface area (TPSA) is 29.1 Å². The molecule has 0 saturated heterocycles. The Morgan fingerprint density at radius 1 is 1.38 bits per heavy atom. The van der Waals surface area contributed by atoms with E-state index in [1.54, 1.807) is 6.08 Å². The number of carbonyl (C=O) groups excluding carboxylic acids is 1. The summed E-state index contributed by atoms with van der Waals surface area (Å²) in [6, 6.07) is 9.83. The molecular formula is C11H13NO. The molecule has 2 nitrogen and oxygen atoms in total. The Kier molecular flexibility index (Phi) is 3.76. The first-order valence-electron chi connectivity index (χ1n) is 4.27. The lowest BCUT2D eigenvalue weighted by Crippen LogP contribution is -2.19. The summed E-state index contributed by atoms with van der Waals surface area (Å²) in [6.45, 7) is 2.41. The highest BCUT2D eigenvalue weighted by Crippen LogP contribution is 1.96. The van der Waals surface area contributed by atoms with Gasteiger partial charge in [-0.3, -0.25) is 4.79 Å². The molecule has 1 N–H and O–H groups in total. The van der Waals surface area contributed by atoms with Crippen molar-refractivity contribution < 1.29 is 4.79 Å². The minimum absolute atomic E-state index is 0.0497. The van der Waals surface area contributed by atoms with Gasteiger partial charge in [-0.2, -0.15) is 0 Å². The van der Waals surface area contributed by atoms with Gasteiger partial charge in [0, 0.05) is 6.54 Å². The highest BCUT2D eigenvalue weighted by Gasteiger charge is 1.93. The van der Waals surface area contributed by atoms with Crippen molar-refractivity contribution in [3.63, 3.8) is 0 Å². The smallest absolute Gasteiger partial charge is 0.243 e. The summed E-state index contributed by atoms with van der Waals surface area (Å²) in [5.74, 6) is -0.0497. The van der Waals surface area contributed by atoms with Crippen LogP contribution in [-0.2, 0) is 11.3 Å². The number of rotatable bonds is 3. The standard InChI is InChI=1S/C11H13NO/c1-2-6-11(13)12-9-10-7-4-3-5-8-10/h2-8H,9H2,1H3,(H,12,13)/b6-2-/i11-1. The van der Waals surface area contributed by atoms with Crippen LogP contribution in [0.25, 0.3) is 0 Å². The molecule has 1 aromatic carbocycles. The molecule has 0 saturated carbocycles. The van der Waals surface area contributed by atoms with Crippen LogP contribution in [0.15, 0.2) is 42.5 Å². The van der Waals surface area contributed by atoms with E-state index >= 15 is 0 Å². The van der Waals surface area contributed by atoms with E-state index in [9.17, 15) is 4.79 Å². The van der Waals surface area contributed by atoms with Gasteiger partial charge in [-0.05, 0) is 18.6 Å². The van der Waals surface area contributed by atoms with Crippen LogP contribution in [0.4, 0.5) is 0 Å². The van der Waals surface area contributed by atoms with Crippen molar-refractivity contribution in [2.45, 2.75) is 13.5 Å². The molecule has 68 valence electrons. The maximum Gasteiger partial charge on any atom is 0.243 e. The molecule has 2 heteroatoms. The molecule has 1 aromatic rings. The molecule has 0 spiro atoms. The molecular weight excluding hydrogens is 161 g/mol. The molecule has 0 aromatic heterocycles. The molecule has 0 radical (unpaired) electrons. The number of allylic oxidation sites excluding steroid dienone is 1. The Labute approximate surface area is 78.3 Å². The molecule has 0 aliphatic rings. The molecule has 0 aliphatic heterocycles. The van der Waals surface area contributed by atoms with E-state index in [-0.39, 0.29) is 5.91 Å². The Morgan fingerprint density at radius 3 is 2.69 bits per heavy atom. The Morgan fingerprint density at radius 2 is 2.08 bits per heavy atom. The van der Waals surface area contributed by atoms with Crippen molar-refractivity contribution in [2.24, 2.45) is 0 Å². The average molecular weight is 174 g/mol.